The van der Waals surface area contributed by atoms with E-state index in [9.17, 15) is 0 Å². The summed E-state index contributed by atoms with van der Waals surface area (Å²) in [5.74, 6) is 0.990. The van der Waals surface area contributed by atoms with Crippen molar-refractivity contribution in [1.82, 2.24) is 10.2 Å². The average molecular weight is 244 g/mol. The van der Waals surface area contributed by atoms with E-state index in [1.54, 1.807) is 5.56 Å². The molecule has 0 unspecified atom stereocenters. The van der Waals surface area contributed by atoms with Gasteiger partial charge in [0.2, 0.25) is 0 Å². The molecule has 1 aromatic rings. The lowest BCUT2D eigenvalue weighted by atomic mass is 9.95. The quantitative estimate of drug-likeness (QED) is 0.876. The highest BCUT2D eigenvalue weighted by atomic mass is 15.2. The molecular weight excluding hydrogens is 220 g/mol. The lowest BCUT2D eigenvalue weighted by molar-refractivity contribution is 0.160. The molecule has 1 saturated carbocycles. The summed E-state index contributed by atoms with van der Waals surface area (Å²) < 4.78 is 0. The second kappa shape index (κ2) is 5.41. The van der Waals surface area contributed by atoms with E-state index in [-0.39, 0.29) is 0 Å². The molecule has 98 valence electrons. The lowest BCUT2D eigenvalue weighted by Crippen LogP contribution is -2.45. The van der Waals surface area contributed by atoms with E-state index >= 15 is 0 Å². The third-order valence-corrected chi connectivity index (χ3v) is 4.39. The van der Waals surface area contributed by atoms with Crippen molar-refractivity contribution in [1.29, 1.82) is 0 Å². The first kappa shape index (κ1) is 12.2. The van der Waals surface area contributed by atoms with Gasteiger partial charge in [0.1, 0.15) is 0 Å². The van der Waals surface area contributed by atoms with Gasteiger partial charge in [0.25, 0.3) is 0 Å². The molecule has 1 aliphatic carbocycles. The van der Waals surface area contributed by atoms with Crippen LogP contribution in [0.15, 0.2) is 24.3 Å². The van der Waals surface area contributed by atoms with Crippen molar-refractivity contribution in [2.24, 2.45) is 5.92 Å². The molecule has 2 nitrogen and oxygen atoms in total. The molecule has 0 radical (unpaired) electrons. The van der Waals surface area contributed by atoms with Gasteiger partial charge in [-0.15, -0.1) is 0 Å². The van der Waals surface area contributed by atoms with Gasteiger partial charge in [0, 0.05) is 32.2 Å². The minimum atomic E-state index is 0.654. The van der Waals surface area contributed by atoms with Gasteiger partial charge in [-0.3, -0.25) is 4.90 Å². The molecule has 1 saturated heterocycles. The number of piperazine rings is 1. The maximum atomic E-state index is 3.46. The van der Waals surface area contributed by atoms with Gasteiger partial charge < -0.3 is 5.32 Å². The van der Waals surface area contributed by atoms with Gasteiger partial charge in [0.15, 0.2) is 0 Å². The lowest BCUT2D eigenvalue weighted by Gasteiger charge is -2.36. The van der Waals surface area contributed by atoms with Crippen LogP contribution in [0.2, 0.25) is 0 Å². The van der Waals surface area contributed by atoms with Crippen LogP contribution in [-0.4, -0.2) is 31.1 Å². The third kappa shape index (κ3) is 2.76. The predicted octanol–water partition coefficient (Wildman–Crippen LogP) is 2.74. The summed E-state index contributed by atoms with van der Waals surface area (Å²) in [6, 6.07) is 9.61. The number of nitrogens with one attached hydrogen (secondary N) is 1. The molecule has 0 aromatic heterocycles. The Morgan fingerprint density at radius 2 is 1.94 bits per heavy atom. The Morgan fingerprint density at radius 1 is 1.22 bits per heavy atom. The SMILES string of the molecule is Cc1ccccc1[C@@H](CC1CC1)N1CCNCC1. The van der Waals surface area contributed by atoms with Crippen LogP contribution < -0.4 is 5.32 Å². The topological polar surface area (TPSA) is 15.3 Å². The Hall–Kier alpha value is -0.860. The molecule has 2 aliphatic rings. The van der Waals surface area contributed by atoms with Crippen molar-refractivity contribution in [2.75, 3.05) is 26.2 Å². The summed E-state index contributed by atoms with van der Waals surface area (Å²) >= 11 is 0. The third-order valence-electron chi connectivity index (χ3n) is 4.39. The van der Waals surface area contributed by atoms with Crippen LogP contribution in [0.5, 0.6) is 0 Å². The minimum Gasteiger partial charge on any atom is -0.314 e. The molecule has 2 heteroatoms. The first-order chi connectivity index (χ1) is 8.84. The largest absolute Gasteiger partial charge is 0.314 e. The van der Waals surface area contributed by atoms with Crippen LogP contribution in [0.3, 0.4) is 0 Å². The number of hydrogen-bond acceptors (Lipinski definition) is 2. The van der Waals surface area contributed by atoms with E-state index in [0.717, 1.165) is 19.0 Å². The van der Waals surface area contributed by atoms with E-state index in [0.29, 0.717) is 6.04 Å². The Kier molecular flexibility index (Phi) is 3.67. The Morgan fingerprint density at radius 3 is 2.61 bits per heavy atom. The standard InChI is InChI=1S/C16H24N2/c1-13-4-2-3-5-15(13)16(12-14-6-7-14)18-10-8-17-9-11-18/h2-5,14,16-17H,6-12H2,1H3/t16-/m1/s1. The van der Waals surface area contributed by atoms with Crippen LogP contribution in [-0.2, 0) is 0 Å². The second-order valence-corrected chi connectivity index (χ2v) is 5.84. The van der Waals surface area contributed by atoms with E-state index in [1.165, 1.54) is 37.9 Å². The Labute approximate surface area is 110 Å². The molecule has 3 rings (SSSR count). The highest BCUT2D eigenvalue weighted by Crippen LogP contribution is 2.40. The maximum Gasteiger partial charge on any atom is 0.0354 e. The summed E-state index contributed by atoms with van der Waals surface area (Å²) in [4.78, 5) is 2.69. The van der Waals surface area contributed by atoms with Gasteiger partial charge in [-0.2, -0.15) is 0 Å². The van der Waals surface area contributed by atoms with Gasteiger partial charge in [-0.1, -0.05) is 37.1 Å². The zero-order chi connectivity index (χ0) is 12.4. The summed E-state index contributed by atoms with van der Waals surface area (Å²) in [5, 5.41) is 3.46. The monoisotopic (exact) mass is 244 g/mol. The van der Waals surface area contributed by atoms with Crippen molar-refractivity contribution in [3.05, 3.63) is 35.4 Å². The average Bonchev–Trinajstić information content (AvgIpc) is 3.22. The maximum absolute atomic E-state index is 3.46. The highest BCUT2D eigenvalue weighted by molar-refractivity contribution is 5.29. The molecular formula is C16H24N2. The number of rotatable bonds is 4. The molecule has 1 N–H and O–H groups in total. The van der Waals surface area contributed by atoms with Crippen LogP contribution >= 0.6 is 0 Å². The fourth-order valence-electron chi connectivity index (χ4n) is 3.10. The van der Waals surface area contributed by atoms with E-state index in [2.05, 4.69) is 41.4 Å². The van der Waals surface area contributed by atoms with E-state index in [4.69, 9.17) is 0 Å². The van der Waals surface area contributed by atoms with Crippen LogP contribution in [0.4, 0.5) is 0 Å². The molecule has 1 aromatic carbocycles. The zero-order valence-corrected chi connectivity index (χ0v) is 11.4. The van der Waals surface area contributed by atoms with Crippen LogP contribution in [0, 0.1) is 12.8 Å². The van der Waals surface area contributed by atoms with Crippen LogP contribution in [0.1, 0.15) is 36.4 Å². The molecule has 1 heterocycles. The molecule has 2 fully saturated rings. The highest BCUT2D eigenvalue weighted by Gasteiger charge is 2.30. The zero-order valence-electron chi connectivity index (χ0n) is 11.4. The summed E-state index contributed by atoms with van der Waals surface area (Å²) in [6.45, 7) is 6.95. The van der Waals surface area contributed by atoms with Crippen molar-refractivity contribution in [3.63, 3.8) is 0 Å². The van der Waals surface area contributed by atoms with Crippen LogP contribution in [0.25, 0.3) is 0 Å². The van der Waals surface area contributed by atoms with Gasteiger partial charge in [0.05, 0.1) is 0 Å². The fourth-order valence-corrected chi connectivity index (χ4v) is 3.10. The second-order valence-electron chi connectivity index (χ2n) is 5.84. The molecule has 0 amide bonds. The normalized spacial score (nSPS) is 22.9. The number of nitrogens with zero attached hydrogens (tertiary/aromatic N) is 1. The number of benzene rings is 1. The Balaban J connectivity index is 1.81. The smallest absolute Gasteiger partial charge is 0.0354 e. The van der Waals surface area contributed by atoms with Crippen molar-refractivity contribution < 1.29 is 0 Å². The first-order valence-corrected chi connectivity index (χ1v) is 7.35. The predicted molar refractivity (Wildman–Crippen MR) is 75.7 cm³/mol. The van der Waals surface area contributed by atoms with Gasteiger partial charge in [-0.05, 0) is 30.4 Å². The fraction of sp³-hybridized carbons (Fsp3) is 0.625. The van der Waals surface area contributed by atoms with Gasteiger partial charge >= 0.3 is 0 Å². The number of aryl methyl sites for hydroxylation is 1. The van der Waals surface area contributed by atoms with Crippen molar-refractivity contribution in [3.8, 4) is 0 Å². The Bertz CT molecular complexity index is 392. The minimum absolute atomic E-state index is 0.654. The first-order valence-electron chi connectivity index (χ1n) is 7.35. The van der Waals surface area contributed by atoms with Crippen molar-refractivity contribution in [2.45, 2.75) is 32.2 Å². The molecule has 18 heavy (non-hydrogen) atoms. The van der Waals surface area contributed by atoms with Crippen molar-refractivity contribution >= 4 is 0 Å². The molecule has 0 spiro atoms. The molecule has 1 atom stereocenters. The van der Waals surface area contributed by atoms with E-state index in [1.807, 2.05) is 0 Å². The summed E-state index contributed by atoms with van der Waals surface area (Å²) in [7, 11) is 0. The number of hydrogen-bond donors (Lipinski definition) is 1. The van der Waals surface area contributed by atoms with E-state index < -0.39 is 0 Å². The summed E-state index contributed by atoms with van der Waals surface area (Å²) in [5.41, 5.74) is 3.02. The van der Waals surface area contributed by atoms with Gasteiger partial charge in [-0.25, -0.2) is 0 Å². The summed E-state index contributed by atoms with van der Waals surface area (Å²) in [6.07, 6.45) is 4.27. The molecule has 0 bridgehead atoms. The molecule has 1 aliphatic heterocycles.